The van der Waals surface area contributed by atoms with E-state index in [1.54, 1.807) is 18.2 Å². The SMILES string of the molecule is CC1C(O)CC1c1ccccc1[N+](=O)[O-]. The summed E-state index contributed by atoms with van der Waals surface area (Å²) in [5, 5.41) is 20.2. The topological polar surface area (TPSA) is 63.4 Å². The van der Waals surface area contributed by atoms with Crippen LogP contribution in [0.15, 0.2) is 24.3 Å². The van der Waals surface area contributed by atoms with Crippen molar-refractivity contribution in [1.29, 1.82) is 0 Å². The fraction of sp³-hybridized carbons (Fsp3) is 0.455. The van der Waals surface area contributed by atoms with E-state index in [2.05, 4.69) is 0 Å². The Bertz CT molecular complexity index is 391. The summed E-state index contributed by atoms with van der Waals surface area (Å²) >= 11 is 0. The third-order valence-electron chi connectivity index (χ3n) is 3.27. The molecule has 0 radical (unpaired) electrons. The van der Waals surface area contributed by atoms with E-state index in [1.165, 1.54) is 6.07 Å². The molecular formula is C11H13NO3. The molecule has 4 nitrogen and oxygen atoms in total. The zero-order valence-electron chi connectivity index (χ0n) is 8.46. The van der Waals surface area contributed by atoms with Crippen LogP contribution in [0, 0.1) is 16.0 Å². The van der Waals surface area contributed by atoms with Gasteiger partial charge < -0.3 is 5.11 Å². The zero-order valence-corrected chi connectivity index (χ0v) is 8.46. The Balaban J connectivity index is 2.32. The third kappa shape index (κ3) is 1.61. The maximum absolute atomic E-state index is 10.8. The molecule has 2 rings (SSSR count). The van der Waals surface area contributed by atoms with Crippen LogP contribution in [0.2, 0.25) is 0 Å². The van der Waals surface area contributed by atoms with Gasteiger partial charge in [-0.15, -0.1) is 0 Å². The minimum atomic E-state index is -0.354. The average molecular weight is 207 g/mol. The molecule has 3 unspecified atom stereocenters. The summed E-state index contributed by atoms with van der Waals surface area (Å²) in [5.41, 5.74) is 0.918. The van der Waals surface area contributed by atoms with Gasteiger partial charge in [0.15, 0.2) is 0 Å². The van der Waals surface area contributed by atoms with Crippen molar-refractivity contribution in [3.63, 3.8) is 0 Å². The smallest absolute Gasteiger partial charge is 0.272 e. The van der Waals surface area contributed by atoms with Crippen LogP contribution >= 0.6 is 0 Å². The molecule has 1 N–H and O–H groups in total. The maximum Gasteiger partial charge on any atom is 0.272 e. The Morgan fingerprint density at radius 2 is 2.13 bits per heavy atom. The number of aliphatic hydroxyl groups excluding tert-OH is 1. The third-order valence-corrected chi connectivity index (χ3v) is 3.27. The van der Waals surface area contributed by atoms with Gasteiger partial charge in [-0.1, -0.05) is 25.1 Å². The van der Waals surface area contributed by atoms with Crippen molar-refractivity contribution in [2.45, 2.75) is 25.4 Å². The number of hydrogen-bond acceptors (Lipinski definition) is 3. The number of nitro groups is 1. The van der Waals surface area contributed by atoms with E-state index in [0.717, 1.165) is 5.56 Å². The number of benzene rings is 1. The standard InChI is InChI=1S/C11H13NO3/c1-7-9(6-11(7)13)8-4-2-3-5-10(8)12(14)15/h2-5,7,9,11,13H,6H2,1H3. The van der Waals surface area contributed by atoms with Gasteiger partial charge in [-0.25, -0.2) is 0 Å². The summed E-state index contributed by atoms with van der Waals surface area (Å²) in [7, 11) is 0. The van der Waals surface area contributed by atoms with Gasteiger partial charge in [0.05, 0.1) is 11.0 Å². The highest BCUT2D eigenvalue weighted by molar-refractivity contribution is 5.43. The molecule has 1 aliphatic rings. The summed E-state index contributed by atoms with van der Waals surface area (Å²) in [6.07, 6.45) is 0.321. The largest absolute Gasteiger partial charge is 0.393 e. The van der Waals surface area contributed by atoms with Gasteiger partial charge in [-0.05, 0) is 18.3 Å². The van der Waals surface area contributed by atoms with Crippen LogP contribution in [-0.2, 0) is 0 Å². The Kier molecular flexibility index (Phi) is 2.44. The van der Waals surface area contributed by atoms with Crippen molar-refractivity contribution in [3.8, 4) is 0 Å². The molecule has 1 aromatic carbocycles. The number of nitro benzene ring substituents is 1. The summed E-state index contributed by atoms with van der Waals surface area (Å²) in [4.78, 5) is 10.4. The van der Waals surface area contributed by atoms with Crippen molar-refractivity contribution >= 4 is 5.69 Å². The van der Waals surface area contributed by atoms with Crippen molar-refractivity contribution in [2.75, 3.05) is 0 Å². The fourth-order valence-electron chi connectivity index (χ4n) is 2.14. The first-order chi connectivity index (χ1) is 7.11. The van der Waals surface area contributed by atoms with E-state index >= 15 is 0 Å². The van der Waals surface area contributed by atoms with Crippen LogP contribution in [0.1, 0.15) is 24.8 Å². The maximum atomic E-state index is 10.8. The van der Waals surface area contributed by atoms with E-state index in [9.17, 15) is 15.2 Å². The second-order valence-corrected chi connectivity index (χ2v) is 4.08. The summed E-state index contributed by atoms with van der Waals surface area (Å²) in [6.45, 7) is 1.93. The lowest BCUT2D eigenvalue weighted by molar-refractivity contribution is -0.386. The molecule has 80 valence electrons. The molecule has 0 aromatic heterocycles. The molecule has 0 saturated heterocycles. The zero-order chi connectivity index (χ0) is 11.0. The van der Waals surface area contributed by atoms with Crippen molar-refractivity contribution in [2.24, 2.45) is 5.92 Å². The molecule has 1 aliphatic carbocycles. The monoisotopic (exact) mass is 207 g/mol. The number of nitrogens with zero attached hydrogens (tertiary/aromatic N) is 1. The second kappa shape index (κ2) is 3.62. The quantitative estimate of drug-likeness (QED) is 0.596. The van der Waals surface area contributed by atoms with Gasteiger partial charge in [0.25, 0.3) is 5.69 Å². The van der Waals surface area contributed by atoms with Crippen LogP contribution in [0.4, 0.5) is 5.69 Å². The van der Waals surface area contributed by atoms with Gasteiger partial charge in [0.1, 0.15) is 0 Å². The van der Waals surface area contributed by atoms with Crippen LogP contribution in [-0.4, -0.2) is 16.1 Å². The van der Waals surface area contributed by atoms with Gasteiger partial charge in [0, 0.05) is 11.6 Å². The van der Waals surface area contributed by atoms with Gasteiger partial charge in [-0.2, -0.15) is 0 Å². The summed E-state index contributed by atoms with van der Waals surface area (Å²) in [5.74, 6) is 0.243. The van der Waals surface area contributed by atoms with Crippen LogP contribution in [0.3, 0.4) is 0 Å². The lowest BCUT2D eigenvalue weighted by atomic mass is 9.68. The van der Waals surface area contributed by atoms with E-state index < -0.39 is 0 Å². The predicted molar refractivity (Wildman–Crippen MR) is 55.6 cm³/mol. The number of rotatable bonds is 2. The Morgan fingerprint density at radius 3 is 2.67 bits per heavy atom. The first kappa shape index (κ1) is 10.1. The van der Waals surface area contributed by atoms with Crippen molar-refractivity contribution in [3.05, 3.63) is 39.9 Å². The second-order valence-electron chi connectivity index (χ2n) is 4.08. The minimum absolute atomic E-state index is 0.117. The molecule has 1 fully saturated rings. The highest BCUT2D eigenvalue weighted by Crippen LogP contribution is 2.45. The van der Waals surface area contributed by atoms with Crippen molar-refractivity contribution < 1.29 is 10.0 Å². The number of aliphatic hydroxyl groups is 1. The van der Waals surface area contributed by atoms with E-state index in [-0.39, 0.29) is 28.6 Å². The Morgan fingerprint density at radius 1 is 1.47 bits per heavy atom. The highest BCUT2D eigenvalue weighted by atomic mass is 16.6. The lowest BCUT2D eigenvalue weighted by Gasteiger charge is -2.39. The molecule has 0 amide bonds. The Labute approximate surface area is 87.7 Å². The van der Waals surface area contributed by atoms with Gasteiger partial charge >= 0.3 is 0 Å². The lowest BCUT2D eigenvalue weighted by Crippen LogP contribution is -2.37. The summed E-state index contributed by atoms with van der Waals surface area (Å²) < 4.78 is 0. The van der Waals surface area contributed by atoms with E-state index in [4.69, 9.17) is 0 Å². The molecule has 0 heterocycles. The molecule has 0 spiro atoms. The fourth-order valence-corrected chi connectivity index (χ4v) is 2.14. The number of hydrogen-bond donors (Lipinski definition) is 1. The molecule has 1 aromatic rings. The predicted octanol–water partition coefficient (Wildman–Crippen LogP) is 2.08. The van der Waals surface area contributed by atoms with Crippen LogP contribution in [0.5, 0.6) is 0 Å². The normalized spacial score (nSPS) is 29.6. The molecule has 4 heteroatoms. The Hall–Kier alpha value is -1.42. The molecule has 1 saturated carbocycles. The van der Waals surface area contributed by atoms with Gasteiger partial charge in [0.2, 0.25) is 0 Å². The van der Waals surface area contributed by atoms with E-state index in [1.807, 2.05) is 6.92 Å². The molecule has 0 aliphatic heterocycles. The number of para-hydroxylation sites is 1. The summed E-state index contributed by atoms with van der Waals surface area (Å²) in [6, 6.07) is 6.78. The van der Waals surface area contributed by atoms with E-state index in [0.29, 0.717) is 6.42 Å². The van der Waals surface area contributed by atoms with Gasteiger partial charge in [-0.3, -0.25) is 10.1 Å². The molecule has 15 heavy (non-hydrogen) atoms. The highest BCUT2D eigenvalue weighted by Gasteiger charge is 2.40. The molecule has 0 bridgehead atoms. The average Bonchev–Trinajstić information content (AvgIpc) is 2.25. The van der Waals surface area contributed by atoms with Crippen LogP contribution in [0.25, 0.3) is 0 Å². The van der Waals surface area contributed by atoms with Crippen molar-refractivity contribution in [1.82, 2.24) is 0 Å². The molecule has 3 atom stereocenters. The first-order valence-corrected chi connectivity index (χ1v) is 5.02. The minimum Gasteiger partial charge on any atom is -0.393 e. The first-order valence-electron chi connectivity index (χ1n) is 5.02. The van der Waals surface area contributed by atoms with Crippen LogP contribution < -0.4 is 0 Å². The molecular weight excluding hydrogens is 194 g/mol.